The van der Waals surface area contributed by atoms with E-state index in [9.17, 15) is 17.6 Å². The van der Waals surface area contributed by atoms with Crippen molar-refractivity contribution >= 4 is 15.6 Å². The molecule has 18 heavy (non-hydrogen) atoms. The van der Waals surface area contributed by atoms with Gasteiger partial charge in [-0.1, -0.05) is 6.07 Å². The highest BCUT2D eigenvalue weighted by molar-refractivity contribution is 7.92. The van der Waals surface area contributed by atoms with Gasteiger partial charge >= 0.3 is 0 Å². The summed E-state index contributed by atoms with van der Waals surface area (Å²) in [6.45, 7) is 0.758. The molecular formula is C12H13FO4S. The van der Waals surface area contributed by atoms with Crippen molar-refractivity contribution in [2.75, 3.05) is 19.0 Å². The molecule has 1 heterocycles. The van der Waals surface area contributed by atoms with Crippen LogP contribution in [0.2, 0.25) is 0 Å². The standard InChI is InChI=1S/C12H13FO4S/c13-10-2-1-3-11(6-10)18(15,16)8-12(14)9-4-5-17-7-9/h1-3,6,9H,4-5,7-8H2. The van der Waals surface area contributed by atoms with Crippen LogP contribution >= 0.6 is 0 Å². The van der Waals surface area contributed by atoms with Crippen molar-refractivity contribution in [3.63, 3.8) is 0 Å². The maximum atomic E-state index is 13.0. The molecule has 0 aromatic heterocycles. The number of rotatable bonds is 4. The second-order valence-corrected chi connectivity index (χ2v) is 6.23. The number of Topliss-reactive ketones (excluding diaryl/α,β-unsaturated/α-hetero) is 1. The SMILES string of the molecule is O=C(CS(=O)(=O)c1cccc(F)c1)C1CCOC1. The molecule has 0 radical (unpaired) electrons. The average molecular weight is 272 g/mol. The summed E-state index contributed by atoms with van der Waals surface area (Å²) in [6.07, 6.45) is 0.553. The predicted octanol–water partition coefficient (Wildman–Crippen LogP) is 1.21. The van der Waals surface area contributed by atoms with E-state index in [2.05, 4.69) is 0 Å². The van der Waals surface area contributed by atoms with Crippen molar-refractivity contribution < 1.29 is 22.3 Å². The van der Waals surface area contributed by atoms with Crippen molar-refractivity contribution in [2.24, 2.45) is 5.92 Å². The molecule has 1 aromatic carbocycles. The van der Waals surface area contributed by atoms with Crippen molar-refractivity contribution in [3.8, 4) is 0 Å². The maximum Gasteiger partial charge on any atom is 0.185 e. The number of carbonyl (C=O) groups is 1. The van der Waals surface area contributed by atoms with Crippen LogP contribution < -0.4 is 0 Å². The Morgan fingerprint density at radius 3 is 2.83 bits per heavy atom. The molecule has 0 amide bonds. The third-order valence-corrected chi connectivity index (χ3v) is 4.51. The predicted molar refractivity (Wildman–Crippen MR) is 62.4 cm³/mol. The van der Waals surface area contributed by atoms with E-state index >= 15 is 0 Å². The first-order chi connectivity index (χ1) is 8.49. The lowest BCUT2D eigenvalue weighted by atomic mass is 10.1. The summed E-state index contributed by atoms with van der Waals surface area (Å²) in [6, 6.07) is 4.68. The summed E-state index contributed by atoms with van der Waals surface area (Å²) in [5.74, 6) is -1.94. The minimum Gasteiger partial charge on any atom is -0.381 e. The molecule has 0 spiro atoms. The summed E-state index contributed by atoms with van der Waals surface area (Å²) < 4.78 is 41.9. The van der Waals surface area contributed by atoms with E-state index in [-0.39, 0.29) is 23.2 Å². The number of hydrogen-bond acceptors (Lipinski definition) is 4. The van der Waals surface area contributed by atoms with Gasteiger partial charge in [0.05, 0.1) is 11.5 Å². The monoisotopic (exact) mass is 272 g/mol. The van der Waals surface area contributed by atoms with Gasteiger partial charge in [0.1, 0.15) is 11.6 Å². The zero-order valence-corrected chi connectivity index (χ0v) is 10.5. The highest BCUT2D eigenvalue weighted by Crippen LogP contribution is 2.18. The van der Waals surface area contributed by atoms with E-state index in [0.717, 1.165) is 12.1 Å². The van der Waals surface area contributed by atoms with Crippen LogP contribution in [0.25, 0.3) is 0 Å². The average Bonchev–Trinajstić information content (AvgIpc) is 2.82. The zero-order chi connectivity index (χ0) is 13.2. The quantitative estimate of drug-likeness (QED) is 0.826. The Balaban J connectivity index is 2.14. The molecule has 0 bridgehead atoms. The summed E-state index contributed by atoms with van der Waals surface area (Å²) in [7, 11) is -3.76. The molecule has 1 aliphatic heterocycles. The smallest absolute Gasteiger partial charge is 0.185 e. The number of ether oxygens (including phenoxy) is 1. The van der Waals surface area contributed by atoms with E-state index in [0.29, 0.717) is 13.0 Å². The van der Waals surface area contributed by atoms with Crippen LogP contribution in [-0.2, 0) is 19.4 Å². The van der Waals surface area contributed by atoms with Crippen LogP contribution in [0.3, 0.4) is 0 Å². The highest BCUT2D eigenvalue weighted by Gasteiger charge is 2.28. The Labute approximate surface area is 105 Å². The van der Waals surface area contributed by atoms with Crippen LogP contribution in [0.1, 0.15) is 6.42 Å². The van der Waals surface area contributed by atoms with Gasteiger partial charge in [0.2, 0.25) is 0 Å². The topological polar surface area (TPSA) is 60.4 Å². The molecule has 4 nitrogen and oxygen atoms in total. The van der Waals surface area contributed by atoms with E-state index in [1.807, 2.05) is 0 Å². The molecule has 98 valence electrons. The Morgan fingerprint density at radius 1 is 1.44 bits per heavy atom. The minimum atomic E-state index is -3.76. The van der Waals surface area contributed by atoms with E-state index in [1.54, 1.807) is 0 Å². The van der Waals surface area contributed by atoms with Gasteiger partial charge in [-0.25, -0.2) is 12.8 Å². The molecule has 0 N–H and O–H groups in total. The molecule has 1 fully saturated rings. The number of benzene rings is 1. The second-order valence-electron chi connectivity index (χ2n) is 4.24. The number of ketones is 1. The normalized spacial score (nSPS) is 19.9. The first-order valence-electron chi connectivity index (χ1n) is 5.58. The first kappa shape index (κ1) is 13.2. The fourth-order valence-corrected chi connectivity index (χ4v) is 3.19. The molecule has 1 aromatic rings. The third kappa shape index (κ3) is 2.94. The fourth-order valence-electron chi connectivity index (χ4n) is 1.84. The number of halogens is 1. The molecule has 2 rings (SSSR count). The summed E-state index contributed by atoms with van der Waals surface area (Å²) in [4.78, 5) is 11.6. The molecule has 1 saturated heterocycles. The van der Waals surface area contributed by atoms with E-state index in [1.165, 1.54) is 12.1 Å². The molecule has 6 heteroatoms. The molecule has 0 saturated carbocycles. The lowest BCUT2D eigenvalue weighted by Crippen LogP contribution is -2.24. The summed E-state index contributed by atoms with van der Waals surface area (Å²) in [5.41, 5.74) is 0. The molecular weight excluding hydrogens is 259 g/mol. The van der Waals surface area contributed by atoms with Gasteiger partial charge in [0.15, 0.2) is 15.6 Å². The van der Waals surface area contributed by atoms with E-state index in [4.69, 9.17) is 4.74 Å². The Morgan fingerprint density at radius 2 is 2.22 bits per heavy atom. The van der Waals surface area contributed by atoms with Gasteiger partial charge in [-0.3, -0.25) is 4.79 Å². The fraction of sp³-hybridized carbons (Fsp3) is 0.417. The van der Waals surface area contributed by atoms with Gasteiger partial charge < -0.3 is 4.74 Å². The van der Waals surface area contributed by atoms with Crippen molar-refractivity contribution in [1.29, 1.82) is 0 Å². The largest absolute Gasteiger partial charge is 0.381 e. The zero-order valence-electron chi connectivity index (χ0n) is 9.63. The van der Waals surface area contributed by atoms with Crippen LogP contribution in [0.15, 0.2) is 29.2 Å². The van der Waals surface area contributed by atoms with Crippen LogP contribution in [0.5, 0.6) is 0 Å². The van der Waals surface area contributed by atoms with Crippen LogP contribution in [0.4, 0.5) is 4.39 Å². The molecule has 0 aliphatic carbocycles. The van der Waals surface area contributed by atoms with Gasteiger partial charge in [-0.2, -0.15) is 0 Å². The van der Waals surface area contributed by atoms with Crippen molar-refractivity contribution in [1.82, 2.24) is 0 Å². The van der Waals surface area contributed by atoms with Gasteiger partial charge in [0.25, 0.3) is 0 Å². The lowest BCUT2D eigenvalue weighted by molar-refractivity contribution is -0.120. The molecule has 1 atom stereocenters. The Hall–Kier alpha value is -1.27. The Kier molecular flexibility index (Phi) is 3.77. The molecule has 1 aliphatic rings. The first-order valence-corrected chi connectivity index (χ1v) is 7.23. The van der Waals surface area contributed by atoms with Gasteiger partial charge in [0, 0.05) is 12.5 Å². The van der Waals surface area contributed by atoms with E-state index < -0.39 is 21.4 Å². The van der Waals surface area contributed by atoms with Crippen LogP contribution in [-0.4, -0.2) is 33.2 Å². The second kappa shape index (κ2) is 5.16. The Bertz CT molecular complexity index is 547. The van der Waals surface area contributed by atoms with Crippen molar-refractivity contribution in [3.05, 3.63) is 30.1 Å². The van der Waals surface area contributed by atoms with Crippen LogP contribution in [0, 0.1) is 11.7 Å². The van der Waals surface area contributed by atoms with Gasteiger partial charge in [-0.05, 0) is 24.6 Å². The molecule has 1 unspecified atom stereocenters. The summed E-state index contributed by atoms with van der Waals surface area (Å²) in [5, 5.41) is 0. The lowest BCUT2D eigenvalue weighted by Gasteiger charge is -2.07. The number of sulfone groups is 1. The minimum absolute atomic E-state index is 0.158. The number of carbonyl (C=O) groups excluding carboxylic acids is 1. The maximum absolute atomic E-state index is 13.0. The summed E-state index contributed by atoms with van der Waals surface area (Å²) >= 11 is 0. The third-order valence-electron chi connectivity index (χ3n) is 2.87. The van der Waals surface area contributed by atoms with Crippen molar-refractivity contribution in [2.45, 2.75) is 11.3 Å². The number of hydrogen-bond donors (Lipinski definition) is 0. The van der Waals surface area contributed by atoms with Gasteiger partial charge in [-0.15, -0.1) is 0 Å². The highest BCUT2D eigenvalue weighted by atomic mass is 32.2.